The summed E-state index contributed by atoms with van der Waals surface area (Å²) >= 11 is 0. The van der Waals surface area contributed by atoms with Gasteiger partial charge in [0.25, 0.3) is 0 Å². The van der Waals surface area contributed by atoms with Gasteiger partial charge in [0.1, 0.15) is 0 Å². The summed E-state index contributed by atoms with van der Waals surface area (Å²) in [6.45, 7) is 0. The van der Waals surface area contributed by atoms with Crippen LogP contribution >= 0.6 is 0 Å². The number of hydrogen-bond donors (Lipinski definition) is 1. The van der Waals surface area contributed by atoms with E-state index in [0.717, 1.165) is 41.8 Å². The number of hydrogen-bond acceptors (Lipinski definition) is 2. The number of H-pyrrole nitrogens is 1. The van der Waals surface area contributed by atoms with E-state index in [0.29, 0.717) is 0 Å². The predicted octanol–water partition coefficient (Wildman–Crippen LogP) is 3.10. The fourth-order valence-electron chi connectivity index (χ4n) is 2.77. The topological polar surface area (TPSA) is 45.8 Å². The monoisotopic (exact) mass is 254 g/mol. The Morgan fingerprint density at radius 1 is 1.00 bits per heavy atom. The van der Waals surface area contributed by atoms with Crippen molar-refractivity contribution < 1.29 is 0 Å². The summed E-state index contributed by atoms with van der Waals surface area (Å²) < 4.78 is 0. The number of aromatic amines is 1. The van der Waals surface area contributed by atoms with Crippen LogP contribution in [0.1, 0.15) is 36.9 Å². The van der Waals surface area contributed by atoms with Gasteiger partial charge in [-0.2, -0.15) is 0 Å². The van der Waals surface area contributed by atoms with Crippen molar-refractivity contribution in [3.8, 4) is 11.3 Å². The molecule has 0 aromatic carbocycles. The molecule has 2 aromatic heterocycles. The maximum atomic E-state index is 12.3. The molecular weight excluding hydrogens is 236 g/mol. The van der Waals surface area contributed by atoms with Gasteiger partial charge in [0, 0.05) is 41.0 Å². The number of rotatable bonds is 1. The SMILES string of the molecule is O=c1cc(-c2ccncc2)[nH]c2c1CCCCCC2. The fraction of sp³-hybridized carbons (Fsp3) is 0.375. The molecule has 0 amide bonds. The highest BCUT2D eigenvalue weighted by molar-refractivity contribution is 5.58. The van der Waals surface area contributed by atoms with Crippen LogP contribution < -0.4 is 5.43 Å². The molecule has 1 aliphatic carbocycles. The lowest BCUT2D eigenvalue weighted by Gasteiger charge is -2.14. The van der Waals surface area contributed by atoms with Crippen LogP contribution in [0.4, 0.5) is 0 Å². The lowest BCUT2D eigenvalue weighted by atomic mass is 9.96. The van der Waals surface area contributed by atoms with Crippen LogP contribution in [-0.4, -0.2) is 9.97 Å². The van der Waals surface area contributed by atoms with Gasteiger partial charge in [-0.15, -0.1) is 0 Å². The number of aromatic nitrogens is 2. The van der Waals surface area contributed by atoms with E-state index in [-0.39, 0.29) is 5.43 Å². The van der Waals surface area contributed by atoms with E-state index in [1.165, 1.54) is 19.3 Å². The second kappa shape index (κ2) is 5.39. The van der Waals surface area contributed by atoms with Crippen molar-refractivity contribution in [3.05, 3.63) is 52.1 Å². The molecule has 1 N–H and O–H groups in total. The molecule has 0 spiro atoms. The van der Waals surface area contributed by atoms with Crippen LogP contribution in [0.25, 0.3) is 11.3 Å². The third-order valence-electron chi connectivity index (χ3n) is 3.82. The molecule has 98 valence electrons. The van der Waals surface area contributed by atoms with Crippen LogP contribution in [0.2, 0.25) is 0 Å². The molecule has 1 aliphatic rings. The Hall–Kier alpha value is -1.90. The Balaban J connectivity index is 2.07. The zero-order valence-corrected chi connectivity index (χ0v) is 11.0. The van der Waals surface area contributed by atoms with Crippen LogP contribution in [-0.2, 0) is 12.8 Å². The van der Waals surface area contributed by atoms with Crippen LogP contribution in [0.15, 0.2) is 35.4 Å². The molecule has 0 fully saturated rings. The van der Waals surface area contributed by atoms with E-state index in [4.69, 9.17) is 0 Å². The van der Waals surface area contributed by atoms with Crippen LogP contribution in [0.5, 0.6) is 0 Å². The predicted molar refractivity (Wildman–Crippen MR) is 76.2 cm³/mol. The molecule has 2 heterocycles. The van der Waals surface area contributed by atoms with Gasteiger partial charge in [-0.1, -0.05) is 12.8 Å². The average molecular weight is 254 g/mol. The Bertz CT molecular complexity index is 616. The maximum Gasteiger partial charge on any atom is 0.185 e. The van der Waals surface area contributed by atoms with Crippen molar-refractivity contribution in [2.75, 3.05) is 0 Å². The molecule has 0 radical (unpaired) electrons. The second-order valence-corrected chi connectivity index (χ2v) is 5.15. The van der Waals surface area contributed by atoms with E-state index in [2.05, 4.69) is 9.97 Å². The zero-order chi connectivity index (χ0) is 13.1. The van der Waals surface area contributed by atoms with E-state index in [9.17, 15) is 4.79 Å². The Labute approximate surface area is 112 Å². The molecule has 2 aromatic rings. The van der Waals surface area contributed by atoms with Crippen molar-refractivity contribution in [1.82, 2.24) is 9.97 Å². The average Bonchev–Trinajstić information content (AvgIpc) is 2.41. The maximum absolute atomic E-state index is 12.3. The second-order valence-electron chi connectivity index (χ2n) is 5.15. The molecule has 3 heteroatoms. The third kappa shape index (κ3) is 2.60. The zero-order valence-electron chi connectivity index (χ0n) is 11.0. The molecule has 3 rings (SSSR count). The molecule has 0 unspecified atom stereocenters. The third-order valence-corrected chi connectivity index (χ3v) is 3.82. The summed E-state index contributed by atoms with van der Waals surface area (Å²) in [5.74, 6) is 0. The van der Waals surface area contributed by atoms with E-state index >= 15 is 0 Å². The number of pyridine rings is 2. The first kappa shape index (κ1) is 12.2. The number of nitrogens with zero attached hydrogens (tertiary/aromatic N) is 1. The molecule has 0 saturated heterocycles. The summed E-state index contributed by atoms with van der Waals surface area (Å²) in [4.78, 5) is 19.8. The number of nitrogens with one attached hydrogen (secondary N) is 1. The normalized spacial score (nSPS) is 15.4. The van der Waals surface area contributed by atoms with E-state index in [1.807, 2.05) is 12.1 Å². The molecule has 0 saturated carbocycles. The minimum atomic E-state index is 0.183. The lowest BCUT2D eigenvalue weighted by Crippen LogP contribution is -2.16. The van der Waals surface area contributed by atoms with E-state index in [1.54, 1.807) is 18.5 Å². The minimum absolute atomic E-state index is 0.183. The van der Waals surface area contributed by atoms with Crippen molar-refractivity contribution >= 4 is 0 Å². The Morgan fingerprint density at radius 2 is 1.74 bits per heavy atom. The lowest BCUT2D eigenvalue weighted by molar-refractivity contribution is 0.607. The van der Waals surface area contributed by atoms with Gasteiger partial charge in [0.15, 0.2) is 5.43 Å². The highest BCUT2D eigenvalue weighted by atomic mass is 16.1. The Morgan fingerprint density at radius 3 is 2.53 bits per heavy atom. The minimum Gasteiger partial charge on any atom is -0.358 e. The van der Waals surface area contributed by atoms with Gasteiger partial charge in [-0.05, 0) is 37.8 Å². The largest absolute Gasteiger partial charge is 0.358 e. The number of aryl methyl sites for hydroxylation is 1. The molecule has 19 heavy (non-hydrogen) atoms. The van der Waals surface area contributed by atoms with Crippen molar-refractivity contribution in [2.24, 2.45) is 0 Å². The molecular formula is C16H18N2O. The van der Waals surface area contributed by atoms with Crippen molar-refractivity contribution in [3.63, 3.8) is 0 Å². The number of fused-ring (bicyclic) bond motifs is 1. The van der Waals surface area contributed by atoms with Crippen molar-refractivity contribution in [2.45, 2.75) is 38.5 Å². The van der Waals surface area contributed by atoms with Gasteiger partial charge in [-0.3, -0.25) is 9.78 Å². The van der Waals surface area contributed by atoms with Gasteiger partial charge in [0.05, 0.1) is 0 Å². The first-order chi connectivity index (χ1) is 9.34. The Kier molecular flexibility index (Phi) is 3.45. The summed E-state index contributed by atoms with van der Waals surface area (Å²) in [7, 11) is 0. The summed E-state index contributed by atoms with van der Waals surface area (Å²) in [5.41, 5.74) is 4.25. The van der Waals surface area contributed by atoms with Gasteiger partial charge in [0.2, 0.25) is 0 Å². The first-order valence-corrected chi connectivity index (χ1v) is 7.00. The summed E-state index contributed by atoms with van der Waals surface area (Å²) in [6, 6.07) is 5.59. The van der Waals surface area contributed by atoms with E-state index < -0.39 is 0 Å². The smallest absolute Gasteiger partial charge is 0.185 e. The van der Waals surface area contributed by atoms with Gasteiger partial charge >= 0.3 is 0 Å². The van der Waals surface area contributed by atoms with Crippen molar-refractivity contribution in [1.29, 1.82) is 0 Å². The molecule has 0 atom stereocenters. The quantitative estimate of drug-likeness (QED) is 0.850. The summed E-state index contributed by atoms with van der Waals surface area (Å²) in [6.07, 6.45) is 10.2. The molecule has 3 nitrogen and oxygen atoms in total. The molecule has 0 aliphatic heterocycles. The first-order valence-electron chi connectivity index (χ1n) is 7.00. The highest BCUT2D eigenvalue weighted by Crippen LogP contribution is 2.20. The van der Waals surface area contributed by atoms with Gasteiger partial charge in [-0.25, -0.2) is 0 Å². The van der Waals surface area contributed by atoms with Crippen LogP contribution in [0, 0.1) is 0 Å². The fourth-order valence-corrected chi connectivity index (χ4v) is 2.77. The van der Waals surface area contributed by atoms with Crippen LogP contribution in [0.3, 0.4) is 0 Å². The highest BCUT2D eigenvalue weighted by Gasteiger charge is 2.12. The standard InChI is InChI=1S/C16H18N2O/c19-16-11-15(12-7-9-17-10-8-12)18-14-6-4-2-1-3-5-13(14)16/h7-11H,1-6H2,(H,18,19). The summed E-state index contributed by atoms with van der Waals surface area (Å²) in [5, 5.41) is 0. The van der Waals surface area contributed by atoms with Gasteiger partial charge < -0.3 is 4.98 Å². The molecule has 0 bridgehead atoms.